The van der Waals surface area contributed by atoms with Gasteiger partial charge in [0.2, 0.25) is 0 Å². The minimum atomic E-state index is -1.69. The summed E-state index contributed by atoms with van der Waals surface area (Å²) >= 11 is 0. The zero-order valence-electron chi connectivity index (χ0n) is 41.1. The standard InChI is InChI=1S/C48H96O22/c49-19-30(59)9-7-5-3-1-2-4-6-8-29(10-31(60)20-50)40(11-32(61)21-51)41(12-33(62)22-52)42(13-34(63)23-53)43(14-35(64)24-54)44(15-36(65)25-55)45(16-37(66)26-56)46(17-38(67)27-57)47(48(69)70)18-39(68)28-58/h29-47,49-68H,1-28H2,(H,69,70). The van der Waals surface area contributed by atoms with E-state index in [1.54, 1.807) is 0 Å². The van der Waals surface area contributed by atoms with E-state index in [0.29, 0.717) is 25.7 Å². The molecule has 0 aliphatic rings. The molecule has 70 heavy (non-hydrogen) atoms. The average Bonchev–Trinajstić information content (AvgIpc) is 3.35. The van der Waals surface area contributed by atoms with Gasteiger partial charge in [0.25, 0.3) is 0 Å². The molecule has 0 saturated heterocycles. The summed E-state index contributed by atoms with van der Waals surface area (Å²) in [5, 5.41) is 222. The first-order valence-corrected chi connectivity index (χ1v) is 25.4. The van der Waals surface area contributed by atoms with Crippen molar-refractivity contribution in [3.8, 4) is 0 Å². The van der Waals surface area contributed by atoms with Crippen molar-refractivity contribution in [1.29, 1.82) is 0 Å². The summed E-state index contributed by atoms with van der Waals surface area (Å²) in [6.07, 6.45) is -12.9. The molecule has 22 heteroatoms. The molecule has 22 nitrogen and oxygen atoms in total. The lowest BCUT2D eigenvalue weighted by Crippen LogP contribution is -2.48. The SMILES string of the molecule is O=C(O)C(CC(O)CO)C(CC(O)CO)C(CC(O)CO)C(CC(O)CO)C(CC(O)CO)C(CC(O)CO)C(CC(O)CO)C(CC(O)CO)C(CCCCCCCCCC(O)CO)CC(O)CO. The fourth-order valence-electron chi connectivity index (χ4n) is 10.9. The molecular formula is C48H96O22. The second kappa shape index (κ2) is 40.0. The fourth-order valence-corrected chi connectivity index (χ4v) is 10.9. The topological polar surface area (TPSA) is 442 Å². The van der Waals surface area contributed by atoms with Gasteiger partial charge in [-0.05, 0) is 112 Å². The monoisotopic (exact) mass is 1020 g/mol. The van der Waals surface area contributed by atoms with Gasteiger partial charge < -0.3 is 107 Å². The van der Waals surface area contributed by atoms with Crippen LogP contribution >= 0.6 is 0 Å². The molecule has 21 N–H and O–H groups in total. The van der Waals surface area contributed by atoms with Crippen molar-refractivity contribution in [2.75, 3.05) is 66.1 Å². The van der Waals surface area contributed by atoms with Gasteiger partial charge in [-0.3, -0.25) is 4.79 Å². The number of carbonyl (C=O) groups is 1. The third kappa shape index (κ3) is 27.3. The van der Waals surface area contributed by atoms with Crippen LogP contribution < -0.4 is 0 Å². The van der Waals surface area contributed by atoms with Crippen LogP contribution in [0.15, 0.2) is 0 Å². The van der Waals surface area contributed by atoms with Crippen molar-refractivity contribution in [3.05, 3.63) is 0 Å². The number of carboxylic acid groups (broad SMARTS) is 1. The first kappa shape index (κ1) is 68.7. The Morgan fingerprint density at radius 2 is 0.486 bits per heavy atom. The molecule has 0 aromatic rings. The molecule has 420 valence electrons. The minimum Gasteiger partial charge on any atom is -0.481 e. The number of carboxylic acids is 1. The van der Waals surface area contributed by atoms with Crippen LogP contribution in [0.5, 0.6) is 0 Å². The number of hydrogen-bond donors (Lipinski definition) is 21. The van der Waals surface area contributed by atoms with Crippen LogP contribution in [0.1, 0.15) is 116 Å². The molecule has 0 amide bonds. The highest BCUT2D eigenvalue weighted by Gasteiger charge is 2.49. The van der Waals surface area contributed by atoms with Crippen molar-refractivity contribution >= 4 is 5.97 Å². The van der Waals surface area contributed by atoms with E-state index in [0.717, 1.165) is 32.1 Å². The van der Waals surface area contributed by atoms with Crippen LogP contribution in [0.25, 0.3) is 0 Å². The summed E-state index contributed by atoms with van der Waals surface area (Å²) in [6, 6.07) is 0. The molecule has 0 aromatic carbocycles. The number of aliphatic carboxylic acids is 1. The second-order valence-electron chi connectivity index (χ2n) is 19.9. The zero-order chi connectivity index (χ0) is 53.3. The van der Waals surface area contributed by atoms with Crippen molar-refractivity contribution in [3.63, 3.8) is 0 Å². The Hall–Kier alpha value is -1.33. The van der Waals surface area contributed by atoms with Crippen molar-refractivity contribution in [2.45, 2.75) is 177 Å². The lowest BCUT2D eigenvalue weighted by molar-refractivity contribution is -0.149. The number of hydrogen-bond acceptors (Lipinski definition) is 21. The Labute approximate surface area is 413 Å². The summed E-state index contributed by atoms with van der Waals surface area (Å²) in [5.74, 6) is -12.5. The van der Waals surface area contributed by atoms with Gasteiger partial charge in [0.05, 0.1) is 133 Å². The van der Waals surface area contributed by atoms with E-state index in [2.05, 4.69) is 0 Å². The lowest BCUT2D eigenvalue weighted by Gasteiger charge is -2.50. The lowest BCUT2D eigenvalue weighted by atomic mass is 9.56. The van der Waals surface area contributed by atoms with Crippen molar-refractivity contribution < 1.29 is 112 Å². The van der Waals surface area contributed by atoms with Gasteiger partial charge in [-0.1, -0.05) is 51.4 Å². The quantitative estimate of drug-likeness (QED) is 0.0260. The Bertz CT molecular complexity index is 1240. The number of aliphatic hydroxyl groups is 20. The van der Waals surface area contributed by atoms with E-state index >= 15 is 0 Å². The summed E-state index contributed by atoms with van der Waals surface area (Å²) in [7, 11) is 0. The van der Waals surface area contributed by atoms with Crippen LogP contribution in [-0.4, -0.2) is 240 Å². The molecule has 0 aromatic heterocycles. The van der Waals surface area contributed by atoms with Gasteiger partial charge in [-0.2, -0.15) is 0 Å². The smallest absolute Gasteiger partial charge is 0.306 e. The molecular weight excluding hydrogens is 929 g/mol. The highest BCUT2D eigenvalue weighted by molar-refractivity contribution is 5.70. The molecule has 0 aliphatic heterocycles. The predicted octanol–water partition coefficient (Wildman–Crippen LogP) is -3.83. The van der Waals surface area contributed by atoms with Gasteiger partial charge in [-0.25, -0.2) is 0 Å². The molecule has 0 bridgehead atoms. The van der Waals surface area contributed by atoms with Gasteiger partial charge >= 0.3 is 5.97 Å². The normalized spacial score (nSPS) is 20.6. The molecule has 19 unspecified atom stereocenters. The van der Waals surface area contributed by atoms with E-state index in [1.165, 1.54) is 0 Å². The number of rotatable bonds is 47. The van der Waals surface area contributed by atoms with E-state index < -0.39 is 218 Å². The molecule has 19 atom stereocenters. The third-order valence-electron chi connectivity index (χ3n) is 14.4. The fraction of sp³-hybridized carbons (Fsp3) is 0.979. The third-order valence-corrected chi connectivity index (χ3v) is 14.4. The van der Waals surface area contributed by atoms with Gasteiger partial charge in [0.1, 0.15) is 0 Å². The Kier molecular flexibility index (Phi) is 39.3. The van der Waals surface area contributed by atoms with Crippen molar-refractivity contribution in [1.82, 2.24) is 0 Å². The average molecular weight is 1030 g/mol. The van der Waals surface area contributed by atoms with E-state index in [-0.39, 0.29) is 25.9 Å². The molecule has 0 rings (SSSR count). The molecule has 0 aliphatic carbocycles. The van der Waals surface area contributed by atoms with Crippen LogP contribution in [0.3, 0.4) is 0 Å². The molecule has 0 heterocycles. The first-order chi connectivity index (χ1) is 33.2. The Morgan fingerprint density at radius 3 is 0.800 bits per heavy atom. The highest BCUT2D eigenvalue weighted by atomic mass is 16.4. The molecule has 0 radical (unpaired) electrons. The summed E-state index contributed by atoms with van der Waals surface area (Å²) < 4.78 is 0. The minimum absolute atomic E-state index is 0.107. The molecule has 0 spiro atoms. The van der Waals surface area contributed by atoms with E-state index in [1.807, 2.05) is 0 Å². The highest BCUT2D eigenvalue weighted by Crippen LogP contribution is 2.51. The largest absolute Gasteiger partial charge is 0.481 e. The van der Waals surface area contributed by atoms with Crippen LogP contribution in [0.2, 0.25) is 0 Å². The summed E-state index contributed by atoms with van der Waals surface area (Å²) in [5.41, 5.74) is 0. The van der Waals surface area contributed by atoms with E-state index in [4.69, 9.17) is 5.11 Å². The first-order valence-electron chi connectivity index (χ1n) is 25.4. The maximum Gasteiger partial charge on any atom is 0.306 e. The van der Waals surface area contributed by atoms with Crippen LogP contribution in [0, 0.1) is 53.3 Å². The maximum atomic E-state index is 13.2. The van der Waals surface area contributed by atoms with E-state index in [9.17, 15) is 107 Å². The number of aliphatic hydroxyl groups excluding tert-OH is 20. The van der Waals surface area contributed by atoms with Gasteiger partial charge in [0, 0.05) is 0 Å². The summed E-state index contributed by atoms with van der Waals surface area (Å²) in [4.78, 5) is 13.2. The second-order valence-corrected chi connectivity index (χ2v) is 19.9. The van der Waals surface area contributed by atoms with Crippen molar-refractivity contribution in [2.24, 2.45) is 53.3 Å². The maximum absolute atomic E-state index is 13.2. The van der Waals surface area contributed by atoms with Crippen LogP contribution in [0.4, 0.5) is 0 Å². The van der Waals surface area contributed by atoms with Gasteiger partial charge in [0.15, 0.2) is 0 Å². The summed E-state index contributed by atoms with van der Waals surface area (Å²) in [6.45, 7) is -8.01. The molecule has 0 saturated carbocycles. The Morgan fingerprint density at radius 1 is 0.257 bits per heavy atom. The molecule has 0 fully saturated rings. The predicted molar refractivity (Wildman–Crippen MR) is 253 cm³/mol. The zero-order valence-corrected chi connectivity index (χ0v) is 41.1. The van der Waals surface area contributed by atoms with Crippen LogP contribution in [-0.2, 0) is 4.79 Å². The number of unbranched alkanes of at least 4 members (excludes halogenated alkanes) is 6. The van der Waals surface area contributed by atoms with Gasteiger partial charge in [-0.15, -0.1) is 0 Å². The Balaban J connectivity index is 8.50.